The molecular formula is C18H22N2OS. The van der Waals surface area contributed by atoms with E-state index in [1.807, 2.05) is 12.1 Å². The van der Waals surface area contributed by atoms with Crippen molar-refractivity contribution in [2.75, 3.05) is 5.73 Å². The van der Waals surface area contributed by atoms with Crippen LogP contribution in [0.15, 0.2) is 24.3 Å². The average Bonchev–Trinajstić information content (AvgIpc) is 2.67. The predicted molar refractivity (Wildman–Crippen MR) is 92.3 cm³/mol. The summed E-state index contributed by atoms with van der Waals surface area (Å²) >= 11 is 1.60. The van der Waals surface area contributed by atoms with Crippen LogP contribution in [0.3, 0.4) is 0 Å². The van der Waals surface area contributed by atoms with E-state index in [1.165, 1.54) is 28.8 Å². The van der Waals surface area contributed by atoms with E-state index in [9.17, 15) is 4.79 Å². The molecule has 1 heterocycles. The third kappa shape index (κ3) is 3.17. The lowest BCUT2D eigenvalue weighted by Gasteiger charge is -2.08. The third-order valence-corrected chi connectivity index (χ3v) is 5.37. The minimum Gasteiger partial charge on any atom is -0.390 e. The maximum Gasteiger partial charge on any atom is 0.254 e. The molecule has 3 nitrogen and oxygen atoms in total. The van der Waals surface area contributed by atoms with Crippen LogP contribution in [-0.4, -0.2) is 5.91 Å². The van der Waals surface area contributed by atoms with Gasteiger partial charge < -0.3 is 11.1 Å². The number of thiophene rings is 1. The molecule has 3 rings (SSSR count). The summed E-state index contributed by atoms with van der Waals surface area (Å²) in [5.41, 5.74) is 10.4. The number of aryl methyl sites for hydroxylation is 2. The molecule has 1 aliphatic rings. The van der Waals surface area contributed by atoms with Crippen LogP contribution in [0.2, 0.25) is 0 Å². The number of nitrogen functional groups attached to an aromatic ring is 1. The number of carbonyl (C=O) groups is 1. The molecule has 0 saturated carbocycles. The lowest BCUT2D eigenvalue weighted by atomic mass is 10.0. The first kappa shape index (κ1) is 15.1. The van der Waals surface area contributed by atoms with Gasteiger partial charge in [-0.25, -0.2) is 0 Å². The molecule has 1 aromatic heterocycles. The van der Waals surface area contributed by atoms with E-state index in [0.29, 0.717) is 11.5 Å². The van der Waals surface area contributed by atoms with Gasteiger partial charge in [0.15, 0.2) is 0 Å². The van der Waals surface area contributed by atoms with Crippen LogP contribution in [0.4, 0.5) is 5.00 Å². The van der Waals surface area contributed by atoms with Crippen molar-refractivity contribution in [2.24, 2.45) is 0 Å². The van der Waals surface area contributed by atoms with Crippen molar-refractivity contribution < 1.29 is 4.79 Å². The zero-order valence-corrected chi connectivity index (χ0v) is 13.8. The lowest BCUT2D eigenvalue weighted by molar-refractivity contribution is 0.0951. The van der Waals surface area contributed by atoms with Crippen molar-refractivity contribution >= 4 is 22.2 Å². The highest BCUT2D eigenvalue weighted by atomic mass is 32.1. The monoisotopic (exact) mass is 314 g/mol. The van der Waals surface area contributed by atoms with Crippen LogP contribution in [0, 0.1) is 6.92 Å². The number of hydrogen-bond donors (Lipinski definition) is 2. The zero-order chi connectivity index (χ0) is 15.5. The van der Waals surface area contributed by atoms with Gasteiger partial charge >= 0.3 is 0 Å². The summed E-state index contributed by atoms with van der Waals surface area (Å²) in [7, 11) is 0. The number of rotatable bonds is 3. The second kappa shape index (κ2) is 6.53. The number of fused-ring (bicyclic) bond motifs is 1. The molecule has 0 aliphatic heterocycles. The van der Waals surface area contributed by atoms with Gasteiger partial charge in [-0.05, 0) is 43.7 Å². The van der Waals surface area contributed by atoms with Crippen molar-refractivity contribution in [3.63, 3.8) is 0 Å². The number of benzene rings is 1. The van der Waals surface area contributed by atoms with Gasteiger partial charge in [-0.2, -0.15) is 0 Å². The third-order valence-electron chi connectivity index (χ3n) is 4.25. The Labute approximate surface area is 135 Å². The Kier molecular flexibility index (Phi) is 4.48. The van der Waals surface area contributed by atoms with Crippen LogP contribution in [0.1, 0.15) is 51.2 Å². The van der Waals surface area contributed by atoms with Gasteiger partial charge in [0.25, 0.3) is 5.91 Å². The summed E-state index contributed by atoms with van der Waals surface area (Å²) < 4.78 is 0. The molecule has 0 fully saturated rings. The highest BCUT2D eigenvalue weighted by molar-refractivity contribution is 7.16. The predicted octanol–water partition coefficient (Wildman–Crippen LogP) is 3.84. The van der Waals surface area contributed by atoms with Crippen molar-refractivity contribution in [1.29, 1.82) is 0 Å². The fraction of sp³-hybridized carbons (Fsp3) is 0.389. The van der Waals surface area contributed by atoms with Crippen LogP contribution >= 0.6 is 11.3 Å². The number of nitrogens with two attached hydrogens (primary N) is 1. The molecule has 0 bridgehead atoms. The fourth-order valence-corrected chi connectivity index (χ4v) is 4.15. The molecule has 4 heteroatoms. The Morgan fingerprint density at radius 2 is 1.91 bits per heavy atom. The first-order chi connectivity index (χ1) is 10.6. The van der Waals surface area contributed by atoms with Crippen molar-refractivity contribution in [3.8, 4) is 0 Å². The van der Waals surface area contributed by atoms with Crippen molar-refractivity contribution in [3.05, 3.63) is 51.4 Å². The van der Waals surface area contributed by atoms with Crippen molar-refractivity contribution in [1.82, 2.24) is 5.32 Å². The first-order valence-electron chi connectivity index (χ1n) is 7.89. The largest absolute Gasteiger partial charge is 0.390 e. The SMILES string of the molecule is Cc1ccc(CNC(=O)c2c(N)sc3c2CCCCC3)cc1. The van der Waals surface area contributed by atoms with Gasteiger partial charge in [0.1, 0.15) is 0 Å². The Morgan fingerprint density at radius 1 is 1.18 bits per heavy atom. The minimum atomic E-state index is -0.0301. The van der Waals surface area contributed by atoms with Gasteiger partial charge in [0.05, 0.1) is 10.6 Å². The van der Waals surface area contributed by atoms with Gasteiger partial charge in [-0.1, -0.05) is 36.2 Å². The summed E-state index contributed by atoms with van der Waals surface area (Å²) in [5, 5.41) is 3.69. The molecule has 1 aromatic carbocycles. The first-order valence-corrected chi connectivity index (χ1v) is 8.70. The van der Waals surface area contributed by atoms with E-state index in [0.717, 1.165) is 30.4 Å². The van der Waals surface area contributed by atoms with E-state index >= 15 is 0 Å². The van der Waals surface area contributed by atoms with Gasteiger partial charge in [-0.3, -0.25) is 4.79 Å². The molecule has 22 heavy (non-hydrogen) atoms. The summed E-state index contributed by atoms with van der Waals surface area (Å²) in [4.78, 5) is 13.9. The van der Waals surface area contributed by atoms with E-state index < -0.39 is 0 Å². The molecule has 0 saturated heterocycles. The van der Waals surface area contributed by atoms with Gasteiger partial charge in [-0.15, -0.1) is 11.3 Å². The summed E-state index contributed by atoms with van der Waals surface area (Å²) in [6.07, 6.45) is 5.65. The molecule has 3 N–H and O–H groups in total. The molecule has 1 aliphatic carbocycles. The van der Waals surface area contributed by atoms with Crippen LogP contribution in [0.5, 0.6) is 0 Å². The maximum absolute atomic E-state index is 12.6. The molecule has 0 unspecified atom stereocenters. The highest BCUT2D eigenvalue weighted by Gasteiger charge is 2.22. The quantitative estimate of drug-likeness (QED) is 0.846. The van der Waals surface area contributed by atoms with E-state index in [-0.39, 0.29) is 5.91 Å². The van der Waals surface area contributed by atoms with E-state index in [2.05, 4.69) is 24.4 Å². The lowest BCUT2D eigenvalue weighted by Crippen LogP contribution is -2.24. The molecular weight excluding hydrogens is 292 g/mol. The number of anilines is 1. The molecule has 0 radical (unpaired) electrons. The number of amides is 1. The molecule has 2 aromatic rings. The number of carbonyl (C=O) groups excluding carboxylic acids is 1. The maximum atomic E-state index is 12.6. The Bertz CT molecular complexity index is 673. The van der Waals surface area contributed by atoms with Crippen LogP contribution in [0.25, 0.3) is 0 Å². The average molecular weight is 314 g/mol. The Hall–Kier alpha value is -1.81. The number of nitrogens with one attached hydrogen (secondary N) is 1. The van der Waals surface area contributed by atoms with Gasteiger partial charge in [0.2, 0.25) is 0 Å². The fourth-order valence-electron chi connectivity index (χ4n) is 2.99. The molecule has 116 valence electrons. The highest BCUT2D eigenvalue weighted by Crippen LogP contribution is 2.35. The standard InChI is InChI=1S/C18H22N2OS/c1-12-7-9-13(10-8-12)11-20-18(21)16-14-5-3-2-4-6-15(14)22-17(16)19/h7-10H,2-6,11,19H2,1H3,(H,20,21). The van der Waals surface area contributed by atoms with Crippen molar-refractivity contribution in [2.45, 2.75) is 45.6 Å². The smallest absolute Gasteiger partial charge is 0.254 e. The molecule has 0 spiro atoms. The topological polar surface area (TPSA) is 55.1 Å². The minimum absolute atomic E-state index is 0.0301. The summed E-state index contributed by atoms with van der Waals surface area (Å²) in [5.74, 6) is -0.0301. The van der Waals surface area contributed by atoms with Crippen LogP contribution in [-0.2, 0) is 19.4 Å². The Balaban J connectivity index is 1.75. The summed E-state index contributed by atoms with van der Waals surface area (Å²) in [6.45, 7) is 2.60. The van der Waals surface area contributed by atoms with E-state index in [1.54, 1.807) is 11.3 Å². The normalized spacial score (nSPS) is 14.2. The van der Waals surface area contributed by atoms with Gasteiger partial charge in [0, 0.05) is 11.4 Å². The summed E-state index contributed by atoms with van der Waals surface area (Å²) in [6, 6.07) is 8.22. The van der Waals surface area contributed by atoms with Crippen LogP contribution < -0.4 is 11.1 Å². The second-order valence-corrected chi connectivity index (χ2v) is 7.11. The molecule has 0 atom stereocenters. The zero-order valence-electron chi connectivity index (χ0n) is 12.9. The molecule has 1 amide bonds. The second-order valence-electron chi connectivity index (χ2n) is 5.97. The Morgan fingerprint density at radius 3 is 2.68 bits per heavy atom. The van der Waals surface area contributed by atoms with E-state index in [4.69, 9.17) is 5.73 Å². The number of hydrogen-bond acceptors (Lipinski definition) is 3.